The SMILES string of the molecule is COc1cccc(-c2csc(N3CC(C(=O)OCC(=O)c4ccc([N+](=O)[O-])cc4)CC3=O)n2)c1. The van der Waals surface area contributed by atoms with Gasteiger partial charge in [0.2, 0.25) is 5.91 Å². The molecule has 0 spiro atoms. The zero-order valence-electron chi connectivity index (χ0n) is 18.0. The van der Waals surface area contributed by atoms with Gasteiger partial charge in [-0.05, 0) is 24.3 Å². The highest BCUT2D eigenvalue weighted by atomic mass is 32.1. The van der Waals surface area contributed by atoms with Gasteiger partial charge in [-0.25, -0.2) is 4.98 Å². The van der Waals surface area contributed by atoms with E-state index in [1.165, 1.54) is 40.5 Å². The summed E-state index contributed by atoms with van der Waals surface area (Å²) in [6.45, 7) is -0.410. The maximum Gasteiger partial charge on any atom is 0.311 e. The Hall–Kier alpha value is -4.12. The fraction of sp³-hybridized carbons (Fsp3) is 0.217. The van der Waals surface area contributed by atoms with E-state index >= 15 is 0 Å². The highest BCUT2D eigenvalue weighted by molar-refractivity contribution is 7.14. The largest absolute Gasteiger partial charge is 0.497 e. The molecule has 2 heterocycles. The second kappa shape index (κ2) is 9.79. The summed E-state index contributed by atoms with van der Waals surface area (Å²) in [5, 5.41) is 13.0. The summed E-state index contributed by atoms with van der Waals surface area (Å²) in [5.74, 6) is -1.44. The Morgan fingerprint density at radius 3 is 2.71 bits per heavy atom. The molecule has 34 heavy (non-hydrogen) atoms. The Balaban J connectivity index is 1.36. The van der Waals surface area contributed by atoms with Crippen molar-refractivity contribution < 1.29 is 28.8 Å². The zero-order valence-corrected chi connectivity index (χ0v) is 18.8. The number of methoxy groups -OCH3 is 1. The van der Waals surface area contributed by atoms with Gasteiger partial charge in [0.15, 0.2) is 17.5 Å². The van der Waals surface area contributed by atoms with Crippen molar-refractivity contribution in [1.29, 1.82) is 0 Å². The number of nitrogens with zero attached hydrogens (tertiary/aromatic N) is 3. The number of thiazole rings is 1. The lowest BCUT2D eigenvalue weighted by Gasteiger charge is -2.12. The summed E-state index contributed by atoms with van der Waals surface area (Å²) < 4.78 is 10.4. The molecule has 1 aliphatic rings. The number of aromatic nitrogens is 1. The van der Waals surface area contributed by atoms with Gasteiger partial charge in [0.25, 0.3) is 5.69 Å². The third-order valence-electron chi connectivity index (χ3n) is 5.29. The van der Waals surface area contributed by atoms with Crippen LogP contribution < -0.4 is 9.64 Å². The molecule has 1 aliphatic heterocycles. The maximum atomic E-state index is 12.5. The molecule has 0 N–H and O–H groups in total. The van der Waals surface area contributed by atoms with Crippen LogP contribution in [0.15, 0.2) is 53.9 Å². The van der Waals surface area contributed by atoms with E-state index < -0.39 is 29.2 Å². The number of ketones is 1. The van der Waals surface area contributed by atoms with Crippen LogP contribution in [0.4, 0.5) is 10.8 Å². The number of hydrogen-bond donors (Lipinski definition) is 0. The summed E-state index contributed by atoms with van der Waals surface area (Å²) in [7, 11) is 1.58. The van der Waals surface area contributed by atoms with Gasteiger partial charge in [0.1, 0.15) is 5.75 Å². The number of anilines is 1. The normalized spacial score (nSPS) is 15.3. The Bertz CT molecular complexity index is 1260. The molecule has 1 unspecified atom stereocenters. The summed E-state index contributed by atoms with van der Waals surface area (Å²) in [4.78, 5) is 53.3. The molecule has 0 radical (unpaired) electrons. The van der Waals surface area contributed by atoms with Crippen molar-refractivity contribution in [3.05, 3.63) is 69.6 Å². The van der Waals surface area contributed by atoms with Crippen LogP contribution in [0.1, 0.15) is 16.8 Å². The number of rotatable bonds is 8. The van der Waals surface area contributed by atoms with Crippen molar-refractivity contribution in [1.82, 2.24) is 4.98 Å². The molecule has 0 bridgehead atoms. The highest BCUT2D eigenvalue weighted by Crippen LogP contribution is 2.33. The third kappa shape index (κ3) is 4.94. The van der Waals surface area contributed by atoms with Crippen LogP contribution >= 0.6 is 11.3 Å². The van der Waals surface area contributed by atoms with Crippen LogP contribution in [0.25, 0.3) is 11.3 Å². The van der Waals surface area contributed by atoms with Crippen LogP contribution in [0.2, 0.25) is 0 Å². The van der Waals surface area contributed by atoms with Crippen molar-refractivity contribution in [2.45, 2.75) is 6.42 Å². The van der Waals surface area contributed by atoms with Gasteiger partial charge in [-0.2, -0.15) is 0 Å². The Kier molecular flexibility index (Phi) is 6.64. The third-order valence-corrected chi connectivity index (χ3v) is 6.16. The quantitative estimate of drug-likeness (QED) is 0.207. The number of non-ortho nitro benzene ring substituents is 1. The number of carbonyl (C=O) groups is 3. The van der Waals surface area contributed by atoms with Gasteiger partial charge in [-0.3, -0.25) is 29.4 Å². The number of ether oxygens (including phenoxy) is 2. The number of esters is 1. The number of hydrogen-bond acceptors (Lipinski definition) is 9. The molecular weight excluding hydrogens is 462 g/mol. The Morgan fingerprint density at radius 2 is 2.00 bits per heavy atom. The van der Waals surface area contributed by atoms with Gasteiger partial charge < -0.3 is 9.47 Å². The number of nitro benzene ring substituents is 1. The van der Waals surface area contributed by atoms with Crippen molar-refractivity contribution in [2.24, 2.45) is 5.92 Å². The molecule has 1 atom stereocenters. The molecular formula is C23H19N3O7S. The van der Waals surface area contributed by atoms with Gasteiger partial charge in [-0.1, -0.05) is 12.1 Å². The summed E-state index contributed by atoms with van der Waals surface area (Å²) in [6, 6.07) is 12.4. The lowest BCUT2D eigenvalue weighted by Crippen LogP contribution is -2.27. The van der Waals surface area contributed by atoms with Gasteiger partial charge in [-0.15, -0.1) is 11.3 Å². The van der Waals surface area contributed by atoms with E-state index in [-0.39, 0.29) is 30.1 Å². The van der Waals surface area contributed by atoms with Crippen molar-refractivity contribution in [2.75, 3.05) is 25.2 Å². The molecule has 4 rings (SSSR count). The van der Waals surface area contributed by atoms with Gasteiger partial charge in [0.05, 0.1) is 23.6 Å². The standard InChI is InChI=1S/C23H19N3O7S/c1-32-18-4-2-3-15(9-18)19-13-34-23(24-19)25-11-16(10-21(25)28)22(29)33-12-20(27)14-5-7-17(8-6-14)26(30)31/h2-9,13,16H,10-12H2,1H3. The molecule has 1 fully saturated rings. The minimum Gasteiger partial charge on any atom is -0.497 e. The van der Waals surface area contributed by atoms with E-state index in [9.17, 15) is 24.5 Å². The molecule has 1 amide bonds. The van der Waals surface area contributed by atoms with Crippen molar-refractivity contribution in [3.8, 4) is 17.0 Å². The first kappa shape index (κ1) is 23.1. The maximum absolute atomic E-state index is 12.5. The average molecular weight is 481 g/mol. The number of nitro groups is 1. The van der Waals surface area contributed by atoms with Gasteiger partial charge in [0, 0.05) is 41.6 Å². The molecule has 11 heteroatoms. The monoisotopic (exact) mass is 481 g/mol. The van der Waals surface area contributed by atoms with Crippen molar-refractivity contribution >= 4 is 39.8 Å². The van der Waals surface area contributed by atoms with E-state index in [0.717, 1.165) is 5.56 Å². The molecule has 0 aliphatic carbocycles. The summed E-state index contributed by atoms with van der Waals surface area (Å²) in [6.07, 6.45) is -0.0430. The molecule has 0 saturated carbocycles. The van der Waals surface area contributed by atoms with Crippen LogP contribution in [0.5, 0.6) is 5.75 Å². The Labute approximate surface area is 197 Å². The Morgan fingerprint density at radius 1 is 1.24 bits per heavy atom. The van der Waals surface area contributed by atoms with Crippen LogP contribution in [0.3, 0.4) is 0 Å². The first-order valence-electron chi connectivity index (χ1n) is 10.2. The number of carbonyl (C=O) groups excluding carboxylic acids is 3. The van der Waals surface area contributed by atoms with E-state index in [1.54, 1.807) is 7.11 Å². The molecule has 174 valence electrons. The molecule has 2 aromatic carbocycles. The zero-order chi connectivity index (χ0) is 24.2. The van der Waals surface area contributed by atoms with E-state index in [0.29, 0.717) is 16.6 Å². The number of benzene rings is 2. The topological polar surface area (TPSA) is 129 Å². The lowest BCUT2D eigenvalue weighted by atomic mass is 10.1. The minimum atomic E-state index is -0.721. The lowest BCUT2D eigenvalue weighted by molar-refractivity contribution is -0.384. The highest BCUT2D eigenvalue weighted by Gasteiger charge is 2.37. The molecule has 1 aromatic heterocycles. The number of Topliss-reactive ketones (excluding diaryl/α,β-unsaturated/α-hetero) is 1. The van der Waals surface area contributed by atoms with E-state index in [4.69, 9.17) is 9.47 Å². The number of amides is 1. The fourth-order valence-electron chi connectivity index (χ4n) is 3.46. The average Bonchev–Trinajstić information content (AvgIpc) is 3.49. The summed E-state index contributed by atoms with van der Waals surface area (Å²) >= 11 is 1.29. The molecule has 1 saturated heterocycles. The first-order chi connectivity index (χ1) is 16.4. The van der Waals surface area contributed by atoms with Crippen LogP contribution in [-0.4, -0.2) is 47.8 Å². The second-order valence-corrected chi connectivity index (χ2v) is 8.32. The van der Waals surface area contributed by atoms with Crippen LogP contribution in [0, 0.1) is 16.0 Å². The predicted octanol–water partition coefficient (Wildman–Crippen LogP) is 3.51. The minimum absolute atomic E-state index is 0.0430. The summed E-state index contributed by atoms with van der Waals surface area (Å²) in [5.41, 5.74) is 1.57. The molecule has 3 aromatic rings. The van der Waals surface area contributed by atoms with Gasteiger partial charge >= 0.3 is 5.97 Å². The van der Waals surface area contributed by atoms with Crippen molar-refractivity contribution in [3.63, 3.8) is 0 Å². The van der Waals surface area contributed by atoms with E-state index in [1.807, 2.05) is 29.6 Å². The van der Waals surface area contributed by atoms with E-state index in [2.05, 4.69) is 4.98 Å². The smallest absolute Gasteiger partial charge is 0.311 e. The first-order valence-corrected chi connectivity index (χ1v) is 11.1. The second-order valence-electron chi connectivity index (χ2n) is 7.49. The predicted molar refractivity (Wildman–Crippen MR) is 123 cm³/mol. The fourth-order valence-corrected chi connectivity index (χ4v) is 4.32. The molecule has 10 nitrogen and oxygen atoms in total. The van der Waals surface area contributed by atoms with Crippen LogP contribution in [-0.2, 0) is 14.3 Å².